The van der Waals surface area contributed by atoms with Crippen LogP contribution in [0.3, 0.4) is 0 Å². The minimum Gasteiger partial charge on any atom is -0.494 e. The van der Waals surface area contributed by atoms with Crippen LogP contribution in [0, 0.1) is 13.8 Å². The summed E-state index contributed by atoms with van der Waals surface area (Å²) in [4.78, 5) is 30.5. The fourth-order valence-electron chi connectivity index (χ4n) is 4.12. The van der Waals surface area contributed by atoms with Crippen LogP contribution in [0.5, 0.6) is 5.75 Å². The number of hydrogen-bond donors (Lipinski definition) is 1. The van der Waals surface area contributed by atoms with Gasteiger partial charge in [0.2, 0.25) is 0 Å². The van der Waals surface area contributed by atoms with Gasteiger partial charge in [-0.3, -0.25) is 19.4 Å². The van der Waals surface area contributed by atoms with E-state index in [-0.39, 0.29) is 11.8 Å². The molecule has 0 atom stereocenters. The molecule has 2 heterocycles. The molecule has 174 valence electrons. The normalized spacial score (nSPS) is 17.1. The number of carbonyl (C=O) groups is 2. The summed E-state index contributed by atoms with van der Waals surface area (Å²) in [6.07, 6.45) is 0. The van der Waals surface area contributed by atoms with Crippen LogP contribution in [0.2, 0.25) is 0 Å². The zero-order valence-electron chi connectivity index (χ0n) is 19.5. The second-order valence-corrected chi connectivity index (χ2v) is 8.37. The van der Waals surface area contributed by atoms with Gasteiger partial charge in [0.1, 0.15) is 11.4 Å². The van der Waals surface area contributed by atoms with Crippen molar-refractivity contribution in [3.05, 3.63) is 64.9 Å². The fraction of sp³-hybridized carbons (Fsp3) is 0.385. The molecule has 0 aliphatic carbocycles. The number of nitrogens with zero attached hydrogens (tertiary/aromatic N) is 2. The first-order chi connectivity index (χ1) is 16.0. The van der Waals surface area contributed by atoms with Crippen molar-refractivity contribution < 1.29 is 19.1 Å². The molecule has 0 spiro atoms. The third-order valence-corrected chi connectivity index (χ3v) is 6.02. The average molecular weight is 450 g/mol. The van der Waals surface area contributed by atoms with Crippen LogP contribution in [0.15, 0.2) is 48.2 Å². The fourth-order valence-corrected chi connectivity index (χ4v) is 4.12. The molecule has 1 fully saturated rings. The van der Waals surface area contributed by atoms with Gasteiger partial charge in [-0.1, -0.05) is 24.3 Å². The van der Waals surface area contributed by atoms with Crippen molar-refractivity contribution in [3.63, 3.8) is 0 Å². The maximum absolute atomic E-state index is 13.5. The van der Waals surface area contributed by atoms with E-state index in [0.717, 1.165) is 35.7 Å². The molecular formula is C26H31N3O4. The number of aryl methyl sites for hydroxylation is 2. The Morgan fingerprint density at radius 2 is 1.70 bits per heavy atom. The Bertz CT molecular complexity index is 1060. The van der Waals surface area contributed by atoms with E-state index in [1.807, 2.05) is 63.2 Å². The molecular weight excluding hydrogens is 418 g/mol. The number of benzene rings is 2. The lowest BCUT2D eigenvalue weighted by atomic mass is 10.0. The minimum absolute atomic E-state index is 0.273. The van der Waals surface area contributed by atoms with Gasteiger partial charge in [-0.25, -0.2) is 0 Å². The highest BCUT2D eigenvalue weighted by Gasteiger charge is 2.39. The van der Waals surface area contributed by atoms with Gasteiger partial charge >= 0.3 is 0 Å². The molecule has 0 saturated carbocycles. The standard InChI is InChI=1S/C26H31N3O4/c1-4-33-21-9-7-20(8-10-21)23-24(27-22-17-18(2)5-6-19(22)3)26(31)29(25(23)30)12-11-28-13-15-32-16-14-28/h5-10,17,27H,4,11-16H2,1-3H3. The van der Waals surface area contributed by atoms with Crippen molar-refractivity contribution in [2.45, 2.75) is 20.8 Å². The molecule has 2 aromatic rings. The van der Waals surface area contributed by atoms with E-state index >= 15 is 0 Å². The van der Waals surface area contributed by atoms with E-state index in [0.29, 0.717) is 49.7 Å². The molecule has 0 radical (unpaired) electrons. The summed E-state index contributed by atoms with van der Waals surface area (Å²) < 4.78 is 10.9. The molecule has 4 rings (SSSR count). The van der Waals surface area contributed by atoms with E-state index in [1.54, 1.807) is 0 Å². The summed E-state index contributed by atoms with van der Waals surface area (Å²) in [7, 11) is 0. The summed E-state index contributed by atoms with van der Waals surface area (Å²) in [5.74, 6) is 0.162. The second-order valence-electron chi connectivity index (χ2n) is 8.37. The average Bonchev–Trinajstić information content (AvgIpc) is 3.05. The molecule has 1 saturated heterocycles. The number of ether oxygens (including phenoxy) is 2. The molecule has 33 heavy (non-hydrogen) atoms. The van der Waals surface area contributed by atoms with Gasteiger partial charge in [0.25, 0.3) is 11.8 Å². The lowest BCUT2D eigenvalue weighted by molar-refractivity contribution is -0.137. The highest BCUT2D eigenvalue weighted by Crippen LogP contribution is 2.32. The Morgan fingerprint density at radius 3 is 2.39 bits per heavy atom. The third-order valence-electron chi connectivity index (χ3n) is 6.02. The van der Waals surface area contributed by atoms with Crippen LogP contribution in [-0.2, 0) is 14.3 Å². The molecule has 1 N–H and O–H groups in total. The van der Waals surface area contributed by atoms with Crippen molar-refractivity contribution in [1.82, 2.24) is 9.80 Å². The van der Waals surface area contributed by atoms with Crippen LogP contribution >= 0.6 is 0 Å². The molecule has 7 nitrogen and oxygen atoms in total. The Hall–Kier alpha value is -3.16. The first-order valence-electron chi connectivity index (χ1n) is 11.5. The number of hydrogen-bond acceptors (Lipinski definition) is 6. The van der Waals surface area contributed by atoms with Crippen LogP contribution in [0.25, 0.3) is 5.57 Å². The highest BCUT2D eigenvalue weighted by atomic mass is 16.5. The Morgan fingerprint density at radius 1 is 0.970 bits per heavy atom. The van der Waals surface area contributed by atoms with Crippen LogP contribution in [0.4, 0.5) is 5.69 Å². The molecule has 7 heteroatoms. The zero-order chi connectivity index (χ0) is 23.4. The molecule has 2 aliphatic heterocycles. The van der Waals surface area contributed by atoms with Crippen LogP contribution in [-0.4, -0.2) is 67.6 Å². The second kappa shape index (κ2) is 10.2. The molecule has 2 aliphatic rings. The molecule has 0 aromatic heterocycles. The van der Waals surface area contributed by atoms with Crippen molar-refractivity contribution in [2.75, 3.05) is 51.3 Å². The number of nitrogens with one attached hydrogen (secondary N) is 1. The first-order valence-corrected chi connectivity index (χ1v) is 11.5. The number of rotatable bonds is 8. The summed E-state index contributed by atoms with van der Waals surface area (Å²) in [6, 6.07) is 13.4. The lowest BCUT2D eigenvalue weighted by Crippen LogP contribution is -2.43. The van der Waals surface area contributed by atoms with Crippen molar-refractivity contribution in [3.8, 4) is 5.75 Å². The van der Waals surface area contributed by atoms with E-state index in [9.17, 15) is 9.59 Å². The predicted molar refractivity (Wildman–Crippen MR) is 128 cm³/mol. The van der Waals surface area contributed by atoms with E-state index in [2.05, 4.69) is 10.2 Å². The number of amides is 2. The van der Waals surface area contributed by atoms with E-state index in [4.69, 9.17) is 9.47 Å². The largest absolute Gasteiger partial charge is 0.494 e. The van der Waals surface area contributed by atoms with Gasteiger partial charge in [0.15, 0.2) is 0 Å². The monoisotopic (exact) mass is 449 g/mol. The van der Waals surface area contributed by atoms with E-state index in [1.165, 1.54) is 4.90 Å². The quantitative estimate of drug-likeness (QED) is 0.624. The maximum atomic E-state index is 13.5. The first kappa shape index (κ1) is 23.0. The van der Waals surface area contributed by atoms with Crippen LogP contribution < -0.4 is 10.1 Å². The van der Waals surface area contributed by atoms with Gasteiger partial charge in [-0.2, -0.15) is 0 Å². The van der Waals surface area contributed by atoms with Crippen LogP contribution in [0.1, 0.15) is 23.6 Å². The highest BCUT2D eigenvalue weighted by molar-refractivity contribution is 6.36. The number of imide groups is 1. The molecule has 2 amide bonds. The van der Waals surface area contributed by atoms with Gasteiger partial charge in [0, 0.05) is 31.9 Å². The SMILES string of the molecule is CCOc1ccc(C2=C(Nc3cc(C)ccc3C)C(=O)N(CCN3CCOCC3)C2=O)cc1. The zero-order valence-corrected chi connectivity index (χ0v) is 19.5. The van der Waals surface area contributed by atoms with Gasteiger partial charge in [-0.05, 0) is 55.7 Å². The predicted octanol–water partition coefficient (Wildman–Crippen LogP) is 3.23. The Kier molecular flexibility index (Phi) is 7.11. The van der Waals surface area contributed by atoms with Gasteiger partial charge in [0.05, 0.1) is 25.4 Å². The van der Waals surface area contributed by atoms with Crippen molar-refractivity contribution in [1.29, 1.82) is 0 Å². The van der Waals surface area contributed by atoms with Crippen molar-refractivity contribution >= 4 is 23.1 Å². The minimum atomic E-state index is -0.293. The number of morpholine rings is 1. The smallest absolute Gasteiger partial charge is 0.278 e. The summed E-state index contributed by atoms with van der Waals surface area (Å²) in [5.41, 5.74) is 4.31. The number of anilines is 1. The lowest BCUT2D eigenvalue weighted by Gasteiger charge is -2.28. The molecule has 0 unspecified atom stereocenters. The van der Waals surface area contributed by atoms with Gasteiger partial charge in [-0.15, -0.1) is 0 Å². The number of carbonyl (C=O) groups excluding carboxylic acids is 2. The van der Waals surface area contributed by atoms with Crippen molar-refractivity contribution in [2.24, 2.45) is 0 Å². The van der Waals surface area contributed by atoms with E-state index < -0.39 is 0 Å². The third kappa shape index (κ3) is 5.10. The summed E-state index contributed by atoms with van der Waals surface area (Å²) >= 11 is 0. The Labute approximate surface area is 195 Å². The maximum Gasteiger partial charge on any atom is 0.278 e. The topological polar surface area (TPSA) is 71.1 Å². The van der Waals surface area contributed by atoms with Gasteiger partial charge < -0.3 is 14.8 Å². The summed E-state index contributed by atoms with van der Waals surface area (Å²) in [5, 5.41) is 3.29. The molecule has 2 aromatic carbocycles. The Balaban J connectivity index is 1.65. The molecule has 0 bridgehead atoms. The summed E-state index contributed by atoms with van der Waals surface area (Å²) in [6.45, 7) is 10.4.